The first-order valence-electron chi connectivity index (χ1n) is 10.2. The molecule has 1 fully saturated rings. The molecule has 1 aliphatic heterocycles. The summed E-state index contributed by atoms with van der Waals surface area (Å²) in [6.07, 6.45) is 1.58. The molecular formula is C23H20BrClN2O6S. The van der Waals surface area contributed by atoms with E-state index in [1.165, 1.54) is 18.2 Å². The Bertz CT molecular complexity index is 1190. The van der Waals surface area contributed by atoms with E-state index in [0.717, 1.165) is 16.7 Å². The third-order valence-electron chi connectivity index (χ3n) is 4.47. The molecule has 0 spiro atoms. The number of nitrogens with zero attached hydrogens (tertiary/aromatic N) is 1. The fourth-order valence-corrected chi connectivity index (χ4v) is 4.52. The number of benzene rings is 2. The molecule has 0 atom stereocenters. The first-order chi connectivity index (χ1) is 16.2. The zero-order valence-corrected chi connectivity index (χ0v) is 21.4. The van der Waals surface area contributed by atoms with Crippen molar-refractivity contribution in [3.63, 3.8) is 0 Å². The predicted molar refractivity (Wildman–Crippen MR) is 134 cm³/mol. The number of ether oxygens (including phenoxy) is 2. The number of esters is 1. The summed E-state index contributed by atoms with van der Waals surface area (Å²) < 4.78 is 11.1. The van der Waals surface area contributed by atoms with E-state index in [0.29, 0.717) is 22.4 Å². The van der Waals surface area contributed by atoms with Crippen molar-refractivity contribution in [1.82, 2.24) is 4.90 Å². The maximum atomic E-state index is 12.7. The lowest BCUT2D eigenvalue weighted by molar-refractivity contribution is -0.127. The Labute approximate surface area is 213 Å². The van der Waals surface area contributed by atoms with Gasteiger partial charge in [0.05, 0.1) is 33.2 Å². The summed E-state index contributed by atoms with van der Waals surface area (Å²) in [5.74, 6) is -1.14. The number of nitrogens with one attached hydrogen (secondary N) is 1. The van der Waals surface area contributed by atoms with Crippen LogP contribution >= 0.6 is 39.3 Å². The summed E-state index contributed by atoms with van der Waals surface area (Å²) in [6, 6.07) is 9.61. The molecule has 1 saturated heterocycles. The number of anilines is 1. The van der Waals surface area contributed by atoms with Crippen LogP contribution in [-0.2, 0) is 14.3 Å². The van der Waals surface area contributed by atoms with Crippen LogP contribution in [0.3, 0.4) is 0 Å². The molecule has 3 rings (SSSR count). The van der Waals surface area contributed by atoms with Crippen LogP contribution in [0.25, 0.3) is 6.08 Å². The van der Waals surface area contributed by atoms with E-state index in [-0.39, 0.29) is 27.8 Å². The number of halogens is 2. The van der Waals surface area contributed by atoms with Crippen LogP contribution in [-0.4, -0.2) is 47.7 Å². The van der Waals surface area contributed by atoms with Crippen molar-refractivity contribution in [3.8, 4) is 5.75 Å². The van der Waals surface area contributed by atoms with Crippen LogP contribution in [0.15, 0.2) is 45.8 Å². The molecule has 2 aromatic carbocycles. The average molecular weight is 568 g/mol. The molecule has 2 aromatic rings. The van der Waals surface area contributed by atoms with Crippen LogP contribution in [0.2, 0.25) is 5.02 Å². The van der Waals surface area contributed by atoms with Crippen LogP contribution in [0.4, 0.5) is 10.5 Å². The molecule has 0 bridgehead atoms. The van der Waals surface area contributed by atoms with Gasteiger partial charge in [-0.3, -0.25) is 19.3 Å². The maximum absolute atomic E-state index is 12.7. The van der Waals surface area contributed by atoms with Crippen molar-refractivity contribution >= 4 is 74.1 Å². The fourth-order valence-electron chi connectivity index (χ4n) is 2.98. The minimum atomic E-state index is -0.624. The SMILES string of the molecule is CCOC(=O)c1cc(NC(=O)CN2C(=O)S/C(=C\c3ccc(OCC)c(Br)c3)C2=O)ccc1Cl. The summed E-state index contributed by atoms with van der Waals surface area (Å²) in [7, 11) is 0. The molecule has 0 saturated carbocycles. The predicted octanol–water partition coefficient (Wildman–Crippen LogP) is 5.35. The van der Waals surface area contributed by atoms with Gasteiger partial charge in [0.25, 0.3) is 11.1 Å². The van der Waals surface area contributed by atoms with Crippen molar-refractivity contribution in [2.75, 3.05) is 25.1 Å². The zero-order chi connectivity index (χ0) is 24.8. The number of hydrogen-bond acceptors (Lipinski definition) is 7. The number of amides is 3. The average Bonchev–Trinajstić information content (AvgIpc) is 3.04. The van der Waals surface area contributed by atoms with Crippen molar-refractivity contribution < 1.29 is 28.7 Å². The van der Waals surface area contributed by atoms with Gasteiger partial charge in [0.15, 0.2) is 0 Å². The highest BCUT2D eigenvalue weighted by molar-refractivity contribution is 9.10. The van der Waals surface area contributed by atoms with Gasteiger partial charge in [0, 0.05) is 5.69 Å². The van der Waals surface area contributed by atoms with Gasteiger partial charge in [0.1, 0.15) is 12.3 Å². The third-order valence-corrected chi connectivity index (χ3v) is 6.33. The van der Waals surface area contributed by atoms with Gasteiger partial charge in [-0.05, 0) is 83.5 Å². The topological polar surface area (TPSA) is 102 Å². The van der Waals surface area contributed by atoms with Crippen LogP contribution in [0.1, 0.15) is 29.8 Å². The van der Waals surface area contributed by atoms with E-state index in [2.05, 4.69) is 21.2 Å². The number of carbonyl (C=O) groups excluding carboxylic acids is 4. The minimum absolute atomic E-state index is 0.0944. The molecule has 8 nitrogen and oxygen atoms in total. The lowest BCUT2D eigenvalue weighted by Gasteiger charge is -2.13. The van der Waals surface area contributed by atoms with Gasteiger partial charge in [-0.25, -0.2) is 4.79 Å². The largest absolute Gasteiger partial charge is 0.493 e. The number of hydrogen-bond donors (Lipinski definition) is 1. The Morgan fingerprint density at radius 1 is 1.15 bits per heavy atom. The summed E-state index contributed by atoms with van der Waals surface area (Å²) in [5, 5.41) is 2.18. The second-order valence-corrected chi connectivity index (χ2v) is 9.11. The number of rotatable bonds is 8. The summed E-state index contributed by atoms with van der Waals surface area (Å²) in [4.78, 5) is 50.7. The van der Waals surface area contributed by atoms with Crippen LogP contribution in [0, 0.1) is 0 Å². The van der Waals surface area contributed by atoms with Crippen LogP contribution in [0.5, 0.6) is 5.75 Å². The Balaban J connectivity index is 1.69. The molecule has 0 radical (unpaired) electrons. The number of carbonyl (C=O) groups is 4. The Morgan fingerprint density at radius 3 is 2.59 bits per heavy atom. The first-order valence-corrected chi connectivity index (χ1v) is 12.2. The lowest BCUT2D eigenvalue weighted by Crippen LogP contribution is -2.36. The molecule has 0 aliphatic carbocycles. The van der Waals surface area contributed by atoms with E-state index in [4.69, 9.17) is 21.1 Å². The van der Waals surface area contributed by atoms with E-state index in [1.807, 2.05) is 6.92 Å². The monoisotopic (exact) mass is 566 g/mol. The molecule has 34 heavy (non-hydrogen) atoms. The van der Waals surface area contributed by atoms with Gasteiger partial charge >= 0.3 is 5.97 Å². The molecule has 178 valence electrons. The number of thioether (sulfide) groups is 1. The molecule has 1 heterocycles. The fraction of sp³-hybridized carbons (Fsp3) is 0.217. The lowest BCUT2D eigenvalue weighted by atomic mass is 10.2. The summed E-state index contributed by atoms with van der Waals surface area (Å²) >= 11 is 10.2. The zero-order valence-electron chi connectivity index (χ0n) is 18.2. The van der Waals surface area contributed by atoms with Gasteiger partial charge in [-0.15, -0.1) is 0 Å². The smallest absolute Gasteiger partial charge is 0.339 e. The van der Waals surface area contributed by atoms with Crippen molar-refractivity contribution in [2.24, 2.45) is 0 Å². The third kappa shape index (κ3) is 6.19. The van der Waals surface area contributed by atoms with Crippen molar-refractivity contribution in [1.29, 1.82) is 0 Å². The maximum Gasteiger partial charge on any atom is 0.339 e. The summed E-state index contributed by atoms with van der Waals surface area (Å²) in [5.41, 5.74) is 1.06. The summed E-state index contributed by atoms with van der Waals surface area (Å²) in [6.45, 7) is 3.74. The highest BCUT2D eigenvalue weighted by Crippen LogP contribution is 2.34. The minimum Gasteiger partial charge on any atom is -0.493 e. The van der Waals surface area contributed by atoms with E-state index in [9.17, 15) is 19.2 Å². The van der Waals surface area contributed by atoms with E-state index in [1.54, 1.807) is 31.2 Å². The second kappa shape index (κ2) is 11.5. The molecule has 3 amide bonds. The second-order valence-electron chi connectivity index (χ2n) is 6.85. The van der Waals surface area contributed by atoms with Crippen molar-refractivity contribution in [2.45, 2.75) is 13.8 Å². The molecule has 11 heteroatoms. The standard InChI is InChI=1S/C23H20BrClN2O6S/c1-3-32-18-8-5-13(9-16(18)24)10-19-21(29)27(23(31)34-19)12-20(28)26-14-6-7-17(25)15(11-14)22(30)33-4-2/h5-11H,3-4,12H2,1-2H3,(H,26,28)/b19-10-. The Morgan fingerprint density at radius 2 is 1.91 bits per heavy atom. The Hall–Kier alpha value is -2.82. The normalized spacial score (nSPS) is 14.5. The molecule has 0 unspecified atom stereocenters. The molecule has 0 aromatic heterocycles. The molecular weight excluding hydrogens is 548 g/mol. The van der Waals surface area contributed by atoms with E-state index >= 15 is 0 Å². The van der Waals surface area contributed by atoms with Gasteiger partial charge in [-0.1, -0.05) is 17.7 Å². The highest BCUT2D eigenvalue weighted by atomic mass is 79.9. The highest BCUT2D eigenvalue weighted by Gasteiger charge is 2.36. The van der Waals surface area contributed by atoms with Gasteiger partial charge in [0.2, 0.25) is 5.91 Å². The Kier molecular flexibility index (Phi) is 8.76. The van der Waals surface area contributed by atoms with E-state index < -0.39 is 29.6 Å². The number of imide groups is 1. The first kappa shape index (κ1) is 25.8. The van der Waals surface area contributed by atoms with Gasteiger partial charge < -0.3 is 14.8 Å². The van der Waals surface area contributed by atoms with Crippen molar-refractivity contribution in [3.05, 3.63) is 61.9 Å². The molecule has 1 aliphatic rings. The molecule has 1 N–H and O–H groups in total. The quantitative estimate of drug-likeness (QED) is 0.339. The van der Waals surface area contributed by atoms with Gasteiger partial charge in [-0.2, -0.15) is 0 Å². The van der Waals surface area contributed by atoms with Crippen LogP contribution < -0.4 is 10.1 Å².